The Kier molecular flexibility index (Phi) is 7.29. The Morgan fingerprint density at radius 3 is 1.95 bits per heavy atom. The first kappa shape index (κ1) is 16.1. The largest absolute Gasteiger partial charge is 0.382 e. The van der Waals surface area contributed by atoms with Crippen molar-refractivity contribution in [3.05, 3.63) is 47.8 Å². The number of anilines is 2. The van der Waals surface area contributed by atoms with E-state index in [1.807, 2.05) is 64.1 Å². The van der Waals surface area contributed by atoms with E-state index in [1.165, 1.54) is 0 Å². The molecule has 0 amide bonds. The minimum atomic E-state index is 0.652. The maximum atomic E-state index is 4.83. The fourth-order valence-corrected chi connectivity index (χ4v) is 1.64. The molecule has 0 radical (unpaired) electrons. The van der Waals surface area contributed by atoms with Gasteiger partial charge in [0.1, 0.15) is 0 Å². The second-order valence-corrected chi connectivity index (χ2v) is 4.25. The summed E-state index contributed by atoms with van der Waals surface area (Å²) in [4.78, 5) is 8.61. The third-order valence-electron chi connectivity index (χ3n) is 2.42. The smallest absolute Gasteiger partial charge is 0.227 e. The van der Waals surface area contributed by atoms with Crippen LogP contribution < -0.4 is 5.32 Å². The van der Waals surface area contributed by atoms with Crippen LogP contribution in [0.5, 0.6) is 0 Å². The minimum Gasteiger partial charge on any atom is -0.382 e. The fourth-order valence-electron chi connectivity index (χ4n) is 1.64. The van der Waals surface area contributed by atoms with E-state index < -0.39 is 0 Å². The van der Waals surface area contributed by atoms with Crippen LogP contribution in [-0.4, -0.2) is 23.2 Å². The second-order valence-electron chi connectivity index (χ2n) is 4.25. The highest BCUT2D eigenvalue weighted by atomic mass is 16.5. The molecule has 108 valence electrons. The van der Waals surface area contributed by atoms with Gasteiger partial charge in [0.25, 0.3) is 0 Å². The SMILES string of the molecule is CCOCC.Cc1cc(C)nc(Nc2ccccc2)n1. The van der Waals surface area contributed by atoms with Gasteiger partial charge in [-0.3, -0.25) is 0 Å². The molecular weight excluding hydrogens is 250 g/mol. The first-order valence-electron chi connectivity index (χ1n) is 6.87. The van der Waals surface area contributed by atoms with Gasteiger partial charge in [0.2, 0.25) is 5.95 Å². The van der Waals surface area contributed by atoms with Crippen LogP contribution in [-0.2, 0) is 4.74 Å². The Balaban J connectivity index is 0.000000347. The van der Waals surface area contributed by atoms with Gasteiger partial charge in [0, 0.05) is 30.3 Å². The highest BCUT2D eigenvalue weighted by Crippen LogP contribution is 2.12. The molecule has 0 saturated heterocycles. The minimum absolute atomic E-state index is 0.652. The van der Waals surface area contributed by atoms with Crippen molar-refractivity contribution in [2.24, 2.45) is 0 Å². The van der Waals surface area contributed by atoms with Gasteiger partial charge in [-0.25, -0.2) is 9.97 Å². The summed E-state index contributed by atoms with van der Waals surface area (Å²) in [5.41, 5.74) is 2.95. The highest BCUT2D eigenvalue weighted by molar-refractivity contribution is 5.52. The third kappa shape index (κ3) is 6.29. The number of ether oxygens (including phenoxy) is 1. The van der Waals surface area contributed by atoms with Crippen molar-refractivity contribution < 1.29 is 4.74 Å². The number of benzene rings is 1. The van der Waals surface area contributed by atoms with Gasteiger partial charge in [-0.1, -0.05) is 18.2 Å². The van der Waals surface area contributed by atoms with Gasteiger partial charge in [-0.15, -0.1) is 0 Å². The topological polar surface area (TPSA) is 47.0 Å². The number of aryl methyl sites for hydroxylation is 2. The number of aromatic nitrogens is 2. The van der Waals surface area contributed by atoms with Crippen LogP contribution in [0.1, 0.15) is 25.2 Å². The normalized spacial score (nSPS) is 9.60. The van der Waals surface area contributed by atoms with E-state index in [4.69, 9.17) is 4.74 Å². The summed E-state index contributed by atoms with van der Waals surface area (Å²) in [5, 5.41) is 3.16. The van der Waals surface area contributed by atoms with Gasteiger partial charge >= 0.3 is 0 Å². The molecule has 2 rings (SSSR count). The van der Waals surface area contributed by atoms with Crippen LogP contribution in [0.4, 0.5) is 11.6 Å². The van der Waals surface area contributed by atoms with Crippen LogP contribution >= 0.6 is 0 Å². The predicted molar refractivity (Wildman–Crippen MR) is 83.4 cm³/mol. The van der Waals surface area contributed by atoms with E-state index >= 15 is 0 Å². The lowest BCUT2D eigenvalue weighted by molar-refractivity contribution is 0.162. The highest BCUT2D eigenvalue weighted by Gasteiger charge is 1.98. The molecule has 0 aliphatic heterocycles. The van der Waals surface area contributed by atoms with Crippen molar-refractivity contribution in [3.8, 4) is 0 Å². The number of nitrogens with one attached hydrogen (secondary N) is 1. The van der Waals surface area contributed by atoms with Gasteiger partial charge in [0.05, 0.1) is 0 Å². The first-order valence-corrected chi connectivity index (χ1v) is 6.87. The molecule has 2 aromatic rings. The maximum absolute atomic E-state index is 4.83. The zero-order valence-corrected chi connectivity index (χ0v) is 12.7. The van der Waals surface area contributed by atoms with Crippen molar-refractivity contribution in [1.29, 1.82) is 0 Å². The molecule has 0 unspecified atom stereocenters. The van der Waals surface area contributed by atoms with Crippen LogP contribution in [0.25, 0.3) is 0 Å². The van der Waals surface area contributed by atoms with Gasteiger partial charge < -0.3 is 10.1 Å². The molecule has 4 nitrogen and oxygen atoms in total. The standard InChI is InChI=1S/C12H13N3.C4H10O/c1-9-8-10(2)14-12(13-9)15-11-6-4-3-5-7-11;1-3-5-4-2/h3-8H,1-2H3,(H,13,14,15);3-4H2,1-2H3. The molecule has 0 aliphatic carbocycles. The second kappa shape index (κ2) is 9.04. The van der Waals surface area contributed by atoms with Crippen molar-refractivity contribution >= 4 is 11.6 Å². The molecule has 1 aromatic carbocycles. The van der Waals surface area contributed by atoms with E-state index in [2.05, 4.69) is 15.3 Å². The molecule has 0 saturated carbocycles. The number of hydrogen-bond acceptors (Lipinski definition) is 4. The Morgan fingerprint density at radius 1 is 0.950 bits per heavy atom. The zero-order chi connectivity index (χ0) is 14.8. The average Bonchev–Trinajstić information content (AvgIpc) is 2.40. The molecule has 0 aliphatic rings. The molecule has 4 heteroatoms. The summed E-state index contributed by atoms with van der Waals surface area (Å²) >= 11 is 0. The summed E-state index contributed by atoms with van der Waals surface area (Å²) in [6.07, 6.45) is 0. The third-order valence-corrected chi connectivity index (χ3v) is 2.42. The van der Waals surface area contributed by atoms with E-state index in [0.717, 1.165) is 30.3 Å². The van der Waals surface area contributed by atoms with Crippen LogP contribution in [0.3, 0.4) is 0 Å². The Morgan fingerprint density at radius 2 is 1.50 bits per heavy atom. The molecule has 0 spiro atoms. The number of nitrogens with zero attached hydrogens (tertiary/aromatic N) is 2. The lowest BCUT2D eigenvalue weighted by atomic mass is 10.3. The summed E-state index contributed by atoms with van der Waals surface area (Å²) in [5.74, 6) is 0.652. The quantitative estimate of drug-likeness (QED) is 0.918. The maximum Gasteiger partial charge on any atom is 0.227 e. The van der Waals surface area contributed by atoms with Gasteiger partial charge in [0.15, 0.2) is 0 Å². The summed E-state index contributed by atoms with van der Waals surface area (Å²) in [7, 11) is 0. The Bertz CT molecular complexity index is 478. The number of rotatable bonds is 4. The van der Waals surface area contributed by atoms with Crippen molar-refractivity contribution in [2.75, 3.05) is 18.5 Å². The van der Waals surface area contributed by atoms with E-state index in [9.17, 15) is 0 Å². The van der Waals surface area contributed by atoms with Crippen molar-refractivity contribution in [3.63, 3.8) is 0 Å². The fraction of sp³-hybridized carbons (Fsp3) is 0.375. The van der Waals surface area contributed by atoms with Crippen molar-refractivity contribution in [2.45, 2.75) is 27.7 Å². The molecule has 20 heavy (non-hydrogen) atoms. The molecule has 0 atom stereocenters. The van der Waals surface area contributed by atoms with E-state index in [-0.39, 0.29) is 0 Å². The summed E-state index contributed by atoms with van der Waals surface area (Å²) < 4.78 is 4.83. The summed E-state index contributed by atoms with van der Waals surface area (Å²) in [6.45, 7) is 9.59. The predicted octanol–water partition coefficient (Wildman–Crippen LogP) is 3.88. The van der Waals surface area contributed by atoms with Crippen LogP contribution in [0.2, 0.25) is 0 Å². The number of para-hydroxylation sites is 1. The van der Waals surface area contributed by atoms with Gasteiger partial charge in [-0.05, 0) is 45.9 Å². The molecule has 0 fully saturated rings. The van der Waals surface area contributed by atoms with Gasteiger partial charge in [-0.2, -0.15) is 0 Å². The lowest BCUT2D eigenvalue weighted by Crippen LogP contribution is -1.99. The zero-order valence-electron chi connectivity index (χ0n) is 12.7. The molecule has 1 N–H and O–H groups in total. The Labute approximate surface area is 121 Å². The first-order chi connectivity index (χ1) is 9.65. The Hall–Kier alpha value is -1.94. The van der Waals surface area contributed by atoms with E-state index in [0.29, 0.717) is 5.95 Å². The van der Waals surface area contributed by atoms with E-state index in [1.54, 1.807) is 0 Å². The van der Waals surface area contributed by atoms with Crippen molar-refractivity contribution in [1.82, 2.24) is 9.97 Å². The monoisotopic (exact) mass is 273 g/mol. The van der Waals surface area contributed by atoms with Crippen LogP contribution in [0, 0.1) is 13.8 Å². The summed E-state index contributed by atoms with van der Waals surface area (Å²) in [6, 6.07) is 11.9. The average molecular weight is 273 g/mol. The molecule has 1 heterocycles. The molecule has 1 aromatic heterocycles. The van der Waals surface area contributed by atoms with Crippen LogP contribution in [0.15, 0.2) is 36.4 Å². The lowest BCUT2D eigenvalue weighted by Gasteiger charge is -2.05. The molecule has 0 bridgehead atoms. The molecular formula is C16H23N3O. The number of hydrogen-bond donors (Lipinski definition) is 1.